The molecule has 0 saturated heterocycles. The van der Waals surface area contributed by atoms with E-state index in [0.29, 0.717) is 19.8 Å². The number of H-pyrrole nitrogens is 1. The van der Waals surface area contributed by atoms with E-state index in [1.165, 1.54) is 12.4 Å². The SMILES string of the molecule is COCCOCCNS(=O)(=O)c1cn[nH]c1. The van der Waals surface area contributed by atoms with E-state index >= 15 is 0 Å². The van der Waals surface area contributed by atoms with Crippen molar-refractivity contribution in [3.05, 3.63) is 12.4 Å². The van der Waals surface area contributed by atoms with Crippen LogP contribution in [0.25, 0.3) is 0 Å². The Labute approximate surface area is 94.2 Å². The third kappa shape index (κ3) is 4.27. The Kier molecular flexibility index (Phi) is 5.39. The minimum atomic E-state index is -3.46. The molecule has 0 aliphatic carbocycles. The van der Waals surface area contributed by atoms with Gasteiger partial charge in [0.2, 0.25) is 10.0 Å². The minimum absolute atomic E-state index is 0.115. The van der Waals surface area contributed by atoms with Crippen LogP contribution in [0.2, 0.25) is 0 Å². The third-order valence-corrected chi connectivity index (χ3v) is 3.18. The molecule has 92 valence electrons. The Balaban J connectivity index is 2.22. The topological polar surface area (TPSA) is 93.3 Å². The van der Waals surface area contributed by atoms with Gasteiger partial charge in [0.1, 0.15) is 4.90 Å². The van der Waals surface area contributed by atoms with Crippen LogP contribution in [0, 0.1) is 0 Å². The van der Waals surface area contributed by atoms with E-state index in [-0.39, 0.29) is 11.4 Å². The zero-order valence-electron chi connectivity index (χ0n) is 8.97. The van der Waals surface area contributed by atoms with Gasteiger partial charge in [0, 0.05) is 19.9 Å². The average molecular weight is 249 g/mol. The highest BCUT2D eigenvalue weighted by Gasteiger charge is 2.13. The molecule has 0 bridgehead atoms. The van der Waals surface area contributed by atoms with Crippen LogP contribution in [0.4, 0.5) is 0 Å². The highest BCUT2D eigenvalue weighted by molar-refractivity contribution is 7.89. The van der Waals surface area contributed by atoms with Crippen molar-refractivity contribution in [3.63, 3.8) is 0 Å². The molecule has 1 heterocycles. The quantitative estimate of drug-likeness (QED) is 0.597. The van der Waals surface area contributed by atoms with Crippen LogP contribution in [-0.4, -0.2) is 52.1 Å². The normalized spacial score (nSPS) is 11.8. The molecule has 1 aromatic heterocycles. The Morgan fingerprint density at radius 1 is 1.44 bits per heavy atom. The monoisotopic (exact) mass is 249 g/mol. The Hall–Kier alpha value is -0.960. The Morgan fingerprint density at radius 2 is 2.25 bits per heavy atom. The summed E-state index contributed by atoms with van der Waals surface area (Å²) in [5.74, 6) is 0. The standard InChI is InChI=1S/C8H15N3O4S/c1-14-4-5-15-3-2-11-16(12,13)8-6-9-10-7-8/h6-7,11H,2-5H2,1H3,(H,9,10). The zero-order valence-corrected chi connectivity index (χ0v) is 9.79. The fourth-order valence-corrected chi connectivity index (χ4v) is 1.88. The van der Waals surface area contributed by atoms with Crippen LogP contribution in [0.1, 0.15) is 0 Å². The maximum absolute atomic E-state index is 11.5. The van der Waals surface area contributed by atoms with Crippen molar-refractivity contribution in [1.29, 1.82) is 0 Å². The maximum atomic E-state index is 11.5. The van der Waals surface area contributed by atoms with E-state index in [9.17, 15) is 8.42 Å². The van der Waals surface area contributed by atoms with Crippen LogP contribution < -0.4 is 4.72 Å². The first-order valence-corrected chi connectivity index (χ1v) is 6.20. The third-order valence-electron chi connectivity index (χ3n) is 1.75. The second-order valence-electron chi connectivity index (χ2n) is 2.94. The Morgan fingerprint density at radius 3 is 2.88 bits per heavy atom. The Bertz CT molecular complexity index is 376. The first-order valence-electron chi connectivity index (χ1n) is 4.72. The summed E-state index contributed by atoms with van der Waals surface area (Å²) in [6.07, 6.45) is 2.56. The molecule has 0 radical (unpaired) electrons. The first kappa shape index (κ1) is 13.1. The lowest BCUT2D eigenvalue weighted by Gasteiger charge is -2.05. The molecule has 0 spiro atoms. The van der Waals surface area contributed by atoms with Crippen molar-refractivity contribution >= 4 is 10.0 Å². The summed E-state index contributed by atoms with van der Waals surface area (Å²) in [5.41, 5.74) is 0. The largest absolute Gasteiger partial charge is 0.382 e. The highest BCUT2D eigenvalue weighted by Crippen LogP contribution is 2.03. The van der Waals surface area contributed by atoms with Gasteiger partial charge in [-0.25, -0.2) is 13.1 Å². The summed E-state index contributed by atoms with van der Waals surface area (Å²) in [5, 5.41) is 6.00. The van der Waals surface area contributed by atoms with Gasteiger partial charge in [0.25, 0.3) is 0 Å². The molecule has 0 amide bonds. The minimum Gasteiger partial charge on any atom is -0.382 e. The molecule has 0 saturated carbocycles. The number of hydrogen-bond donors (Lipinski definition) is 2. The van der Waals surface area contributed by atoms with Crippen molar-refractivity contribution < 1.29 is 17.9 Å². The predicted molar refractivity (Wildman–Crippen MR) is 56.5 cm³/mol. The number of hydrogen-bond acceptors (Lipinski definition) is 5. The van der Waals surface area contributed by atoms with Crippen LogP contribution in [-0.2, 0) is 19.5 Å². The van der Waals surface area contributed by atoms with Crippen molar-refractivity contribution in [2.45, 2.75) is 4.90 Å². The maximum Gasteiger partial charge on any atom is 0.243 e. The van der Waals surface area contributed by atoms with Crippen molar-refractivity contribution in [2.24, 2.45) is 0 Å². The van der Waals surface area contributed by atoms with E-state index in [1.807, 2.05) is 0 Å². The van der Waals surface area contributed by atoms with Crippen molar-refractivity contribution in [3.8, 4) is 0 Å². The van der Waals surface area contributed by atoms with Crippen molar-refractivity contribution in [1.82, 2.24) is 14.9 Å². The molecule has 0 aliphatic heterocycles. The van der Waals surface area contributed by atoms with Gasteiger partial charge in [-0.1, -0.05) is 0 Å². The van der Waals surface area contributed by atoms with Gasteiger partial charge in [-0.15, -0.1) is 0 Å². The molecule has 0 aliphatic rings. The number of nitrogens with zero attached hydrogens (tertiary/aromatic N) is 1. The van der Waals surface area contributed by atoms with Crippen LogP contribution in [0.5, 0.6) is 0 Å². The van der Waals surface area contributed by atoms with E-state index in [0.717, 1.165) is 0 Å². The summed E-state index contributed by atoms with van der Waals surface area (Å²) in [4.78, 5) is 0.115. The average Bonchev–Trinajstić information content (AvgIpc) is 2.77. The molecule has 7 nitrogen and oxygen atoms in total. The van der Waals surface area contributed by atoms with Crippen LogP contribution in [0.3, 0.4) is 0 Å². The van der Waals surface area contributed by atoms with Gasteiger partial charge < -0.3 is 9.47 Å². The number of nitrogens with one attached hydrogen (secondary N) is 2. The molecule has 0 fully saturated rings. The second kappa shape index (κ2) is 6.59. The van der Waals surface area contributed by atoms with Gasteiger partial charge >= 0.3 is 0 Å². The lowest BCUT2D eigenvalue weighted by Crippen LogP contribution is -2.27. The number of methoxy groups -OCH3 is 1. The lowest BCUT2D eigenvalue weighted by atomic mass is 10.7. The van der Waals surface area contributed by atoms with E-state index in [1.54, 1.807) is 7.11 Å². The highest BCUT2D eigenvalue weighted by atomic mass is 32.2. The molecule has 0 aromatic carbocycles. The zero-order chi connectivity index (χ0) is 11.9. The second-order valence-corrected chi connectivity index (χ2v) is 4.70. The van der Waals surface area contributed by atoms with E-state index < -0.39 is 10.0 Å². The van der Waals surface area contributed by atoms with Gasteiger partial charge in [0.15, 0.2) is 0 Å². The van der Waals surface area contributed by atoms with Crippen molar-refractivity contribution in [2.75, 3.05) is 33.5 Å². The van der Waals surface area contributed by atoms with Crippen LogP contribution >= 0.6 is 0 Å². The summed E-state index contributed by atoms with van der Waals surface area (Å²) in [6, 6.07) is 0. The smallest absolute Gasteiger partial charge is 0.243 e. The van der Waals surface area contributed by atoms with Crippen LogP contribution in [0.15, 0.2) is 17.3 Å². The molecule has 16 heavy (non-hydrogen) atoms. The molecule has 0 atom stereocenters. The lowest BCUT2D eigenvalue weighted by molar-refractivity contribution is 0.0736. The number of aromatic amines is 1. The summed E-state index contributed by atoms with van der Waals surface area (Å²) in [6.45, 7) is 1.47. The predicted octanol–water partition coefficient (Wildman–Crippen LogP) is -0.649. The van der Waals surface area contributed by atoms with Gasteiger partial charge in [-0.05, 0) is 0 Å². The number of sulfonamides is 1. The first-order chi connectivity index (χ1) is 7.67. The molecule has 1 rings (SSSR count). The fourth-order valence-electron chi connectivity index (χ4n) is 0.962. The number of aromatic nitrogens is 2. The fraction of sp³-hybridized carbons (Fsp3) is 0.625. The molecular formula is C8H15N3O4S. The molecule has 8 heteroatoms. The molecule has 0 unspecified atom stereocenters. The van der Waals surface area contributed by atoms with Gasteiger partial charge in [0.05, 0.1) is 26.0 Å². The summed E-state index contributed by atoms with van der Waals surface area (Å²) >= 11 is 0. The molecule has 1 aromatic rings. The van der Waals surface area contributed by atoms with Gasteiger partial charge in [-0.3, -0.25) is 5.10 Å². The molecular weight excluding hydrogens is 234 g/mol. The van der Waals surface area contributed by atoms with E-state index in [2.05, 4.69) is 14.9 Å². The summed E-state index contributed by atoms with van der Waals surface area (Å²) < 4.78 is 35.3. The van der Waals surface area contributed by atoms with E-state index in [4.69, 9.17) is 9.47 Å². The van der Waals surface area contributed by atoms with Gasteiger partial charge in [-0.2, -0.15) is 5.10 Å². The molecule has 2 N–H and O–H groups in total. The number of rotatable bonds is 8. The summed E-state index contributed by atoms with van der Waals surface area (Å²) in [7, 11) is -1.89. The number of ether oxygens (including phenoxy) is 2.